The number of benzene rings is 2. The van der Waals surface area contributed by atoms with Crippen LogP contribution in [0.5, 0.6) is 11.5 Å². The molecule has 2 fully saturated rings. The number of nitriles is 1. The van der Waals surface area contributed by atoms with Crippen LogP contribution in [0.4, 0.5) is 5.95 Å². The van der Waals surface area contributed by atoms with E-state index in [1.165, 1.54) is 0 Å². The molecule has 0 atom stereocenters. The van der Waals surface area contributed by atoms with E-state index in [1.54, 1.807) is 6.20 Å². The molecule has 2 aliphatic heterocycles. The van der Waals surface area contributed by atoms with Gasteiger partial charge in [-0.05, 0) is 41.5 Å². The first-order valence-electron chi connectivity index (χ1n) is 12.1. The van der Waals surface area contributed by atoms with Crippen LogP contribution in [-0.4, -0.2) is 48.8 Å². The van der Waals surface area contributed by atoms with E-state index in [1.807, 2.05) is 42.5 Å². The van der Waals surface area contributed by atoms with Crippen molar-refractivity contribution in [1.29, 1.82) is 5.26 Å². The summed E-state index contributed by atoms with van der Waals surface area (Å²) < 4.78 is 16.9. The number of anilines is 1. The van der Waals surface area contributed by atoms with Crippen LogP contribution in [0.15, 0.2) is 48.7 Å². The van der Waals surface area contributed by atoms with E-state index in [0.717, 1.165) is 54.8 Å². The molecule has 2 aromatic carbocycles. The third-order valence-corrected chi connectivity index (χ3v) is 7.46. The van der Waals surface area contributed by atoms with Gasteiger partial charge in [0, 0.05) is 24.7 Å². The number of rotatable bonds is 9. The van der Waals surface area contributed by atoms with Crippen molar-refractivity contribution in [2.45, 2.75) is 25.9 Å². The Hall–Kier alpha value is -3.05. The lowest BCUT2D eigenvalue weighted by Gasteiger charge is -2.54. The monoisotopic (exact) mass is 538 g/mol. The van der Waals surface area contributed by atoms with Crippen molar-refractivity contribution in [2.75, 3.05) is 43.7 Å². The van der Waals surface area contributed by atoms with E-state index in [9.17, 15) is 5.26 Å². The molecule has 192 valence electrons. The third kappa shape index (κ3) is 5.19. The van der Waals surface area contributed by atoms with Crippen LogP contribution >= 0.6 is 23.2 Å². The highest BCUT2D eigenvalue weighted by atomic mass is 35.5. The van der Waals surface area contributed by atoms with Crippen LogP contribution < -0.4 is 14.4 Å². The van der Waals surface area contributed by atoms with E-state index < -0.39 is 5.41 Å². The fourth-order valence-corrected chi connectivity index (χ4v) is 5.06. The van der Waals surface area contributed by atoms with E-state index in [2.05, 4.69) is 34.8 Å². The quantitative estimate of drug-likeness (QED) is 0.339. The Kier molecular flexibility index (Phi) is 7.17. The molecule has 0 aliphatic carbocycles. The van der Waals surface area contributed by atoms with E-state index in [4.69, 9.17) is 37.4 Å². The average molecular weight is 539 g/mol. The Balaban J connectivity index is 1.25. The zero-order valence-electron chi connectivity index (χ0n) is 20.8. The molecule has 0 N–H and O–H groups in total. The second-order valence-corrected chi connectivity index (χ2v) is 10.9. The maximum absolute atomic E-state index is 9.64. The highest BCUT2D eigenvalue weighted by Crippen LogP contribution is 2.40. The smallest absolute Gasteiger partial charge is 0.225 e. The molecule has 1 aromatic heterocycles. The molecule has 0 amide bonds. The molecule has 7 nitrogen and oxygen atoms in total. The van der Waals surface area contributed by atoms with Gasteiger partial charge in [0.1, 0.15) is 25.0 Å². The van der Waals surface area contributed by atoms with Crippen molar-refractivity contribution >= 4 is 29.2 Å². The number of hydrogen-bond donors (Lipinski definition) is 0. The van der Waals surface area contributed by atoms with Crippen molar-refractivity contribution < 1.29 is 14.2 Å². The Morgan fingerprint density at radius 1 is 1.11 bits per heavy atom. The molecule has 1 spiro atoms. The van der Waals surface area contributed by atoms with Gasteiger partial charge < -0.3 is 19.1 Å². The van der Waals surface area contributed by atoms with Crippen LogP contribution in [0, 0.1) is 16.7 Å². The Labute approximate surface area is 226 Å². The molecular weight excluding hydrogens is 511 g/mol. The van der Waals surface area contributed by atoms with Crippen molar-refractivity contribution in [3.8, 4) is 17.6 Å². The maximum Gasteiger partial charge on any atom is 0.225 e. The number of aromatic nitrogens is 2. The molecule has 2 aliphatic rings. The highest BCUT2D eigenvalue weighted by Gasteiger charge is 2.49. The van der Waals surface area contributed by atoms with Crippen molar-refractivity contribution in [3.63, 3.8) is 0 Å². The second-order valence-electron chi connectivity index (χ2n) is 10.1. The summed E-state index contributed by atoms with van der Waals surface area (Å²) in [6, 6.07) is 15.7. The number of nitrogens with zero attached hydrogens (tertiary/aromatic N) is 4. The van der Waals surface area contributed by atoms with Gasteiger partial charge in [0.15, 0.2) is 5.75 Å². The average Bonchev–Trinajstić information content (AvgIpc) is 2.85. The molecule has 2 saturated heterocycles. The third-order valence-electron chi connectivity index (χ3n) is 7.02. The lowest BCUT2D eigenvalue weighted by Crippen LogP contribution is -2.66. The van der Waals surface area contributed by atoms with Gasteiger partial charge in [0.05, 0.1) is 40.8 Å². The first-order valence-corrected chi connectivity index (χ1v) is 13.1. The first-order chi connectivity index (χ1) is 17.8. The molecule has 0 bridgehead atoms. The van der Waals surface area contributed by atoms with Gasteiger partial charge in [-0.15, -0.1) is 11.6 Å². The molecule has 0 unspecified atom stereocenters. The number of alkyl halides is 1. The van der Waals surface area contributed by atoms with Gasteiger partial charge in [-0.2, -0.15) is 5.26 Å². The lowest BCUT2D eigenvalue weighted by atomic mass is 9.77. The largest absolute Gasteiger partial charge is 0.489 e. The summed E-state index contributed by atoms with van der Waals surface area (Å²) in [7, 11) is 0. The summed E-state index contributed by atoms with van der Waals surface area (Å²) in [6.07, 6.45) is 1.78. The predicted molar refractivity (Wildman–Crippen MR) is 143 cm³/mol. The van der Waals surface area contributed by atoms with Crippen molar-refractivity contribution in [3.05, 3.63) is 76.1 Å². The summed E-state index contributed by atoms with van der Waals surface area (Å²) >= 11 is 12.2. The van der Waals surface area contributed by atoms with Crippen molar-refractivity contribution in [2.24, 2.45) is 5.41 Å². The fraction of sp³-hybridized carbons (Fsp3) is 0.393. The zero-order valence-corrected chi connectivity index (χ0v) is 22.3. The summed E-state index contributed by atoms with van der Waals surface area (Å²) in [4.78, 5) is 11.3. The number of ether oxygens (including phenoxy) is 3. The molecule has 0 saturated carbocycles. The second kappa shape index (κ2) is 10.4. The minimum Gasteiger partial charge on any atom is -0.489 e. The van der Waals surface area contributed by atoms with Crippen LogP contribution in [0.25, 0.3) is 0 Å². The summed E-state index contributed by atoms with van der Waals surface area (Å²) in [5.41, 5.74) is 3.10. The Morgan fingerprint density at radius 2 is 1.86 bits per heavy atom. The molecule has 0 radical (unpaired) electrons. The van der Waals surface area contributed by atoms with Gasteiger partial charge in [0.25, 0.3) is 0 Å². The molecule has 3 aromatic rings. The zero-order chi connectivity index (χ0) is 26.0. The first kappa shape index (κ1) is 25.6. The summed E-state index contributed by atoms with van der Waals surface area (Å²) in [6.45, 7) is 8.37. The SMILES string of the molecule is CC(C)(c1ccc(OCc2ccnc(N3CC4(COC4)C3)n2)cc1)c1cc(Cl)c(OCCCl)c(C#N)c1. The molecule has 37 heavy (non-hydrogen) atoms. The fourth-order valence-electron chi connectivity index (χ4n) is 4.71. The predicted octanol–water partition coefficient (Wildman–Crippen LogP) is 5.36. The highest BCUT2D eigenvalue weighted by molar-refractivity contribution is 6.32. The number of hydrogen-bond acceptors (Lipinski definition) is 7. The Bertz CT molecular complexity index is 1310. The summed E-state index contributed by atoms with van der Waals surface area (Å²) in [5, 5.41) is 10.0. The van der Waals surface area contributed by atoms with E-state index >= 15 is 0 Å². The van der Waals surface area contributed by atoms with Crippen LogP contribution in [0.3, 0.4) is 0 Å². The van der Waals surface area contributed by atoms with Gasteiger partial charge in [-0.1, -0.05) is 37.6 Å². The molecule has 5 rings (SSSR count). The molecule has 9 heteroatoms. The molecular formula is C28H28Cl2N4O3. The van der Waals surface area contributed by atoms with E-state index in [-0.39, 0.29) is 6.61 Å². The van der Waals surface area contributed by atoms with Crippen LogP contribution in [0.1, 0.15) is 36.2 Å². The topological polar surface area (TPSA) is 80.5 Å². The Morgan fingerprint density at radius 3 is 2.51 bits per heavy atom. The van der Waals surface area contributed by atoms with Crippen LogP contribution in [-0.2, 0) is 16.8 Å². The minimum absolute atomic E-state index is 0.283. The van der Waals surface area contributed by atoms with Gasteiger partial charge in [-0.3, -0.25) is 0 Å². The normalized spacial score (nSPS) is 16.0. The standard InChI is InChI=1S/C28H28Cl2N4O3/c1-27(2,21-11-19(13-31)25(24(30)12-21)36-10-8-29)20-3-5-23(6-4-20)37-14-22-7-9-32-26(33-22)34-15-28(16-34)17-35-18-28/h3-7,9,11-12H,8,10,14-18H2,1-2H3. The summed E-state index contributed by atoms with van der Waals surface area (Å²) in [5.74, 6) is 2.17. The van der Waals surface area contributed by atoms with Gasteiger partial charge in [-0.25, -0.2) is 9.97 Å². The minimum atomic E-state index is -0.402. The van der Waals surface area contributed by atoms with Gasteiger partial charge in [0.2, 0.25) is 5.95 Å². The molecule has 3 heterocycles. The van der Waals surface area contributed by atoms with Crippen molar-refractivity contribution in [1.82, 2.24) is 9.97 Å². The van der Waals surface area contributed by atoms with Gasteiger partial charge >= 0.3 is 0 Å². The lowest BCUT2D eigenvalue weighted by molar-refractivity contribution is -0.127. The maximum atomic E-state index is 9.64. The van der Waals surface area contributed by atoms with E-state index in [0.29, 0.717) is 34.2 Å². The number of halogens is 2. The van der Waals surface area contributed by atoms with Crippen LogP contribution in [0.2, 0.25) is 5.02 Å².